The molecule has 0 fully saturated rings. The SMILES string of the molecule is CCOP(OCC)OCOCC(=O)O. The molecule has 7 heteroatoms. The molecule has 84 valence electrons. The topological polar surface area (TPSA) is 74.2 Å². The molecule has 0 aromatic heterocycles. The van der Waals surface area contributed by atoms with Crippen LogP contribution in [0.3, 0.4) is 0 Å². The second-order valence-electron chi connectivity index (χ2n) is 2.05. The molecule has 1 N–H and O–H groups in total. The highest BCUT2D eigenvalue weighted by atomic mass is 31.2. The van der Waals surface area contributed by atoms with E-state index in [-0.39, 0.29) is 13.4 Å². The Morgan fingerprint density at radius 2 is 1.79 bits per heavy atom. The van der Waals surface area contributed by atoms with Crippen LogP contribution in [-0.2, 0) is 23.1 Å². The van der Waals surface area contributed by atoms with E-state index < -0.39 is 14.6 Å². The summed E-state index contributed by atoms with van der Waals surface area (Å²) in [5.41, 5.74) is 0. The number of carboxylic acid groups (broad SMARTS) is 1. The predicted octanol–water partition coefficient (Wildman–Crippen LogP) is 1.36. The highest BCUT2D eigenvalue weighted by Gasteiger charge is 2.10. The van der Waals surface area contributed by atoms with E-state index in [0.717, 1.165) is 0 Å². The van der Waals surface area contributed by atoms with Crippen molar-refractivity contribution in [2.75, 3.05) is 26.6 Å². The number of hydrogen-bond donors (Lipinski definition) is 1. The van der Waals surface area contributed by atoms with Gasteiger partial charge in [-0.15, -0.1) is 0 Å². The molecule has 0 aromatic rings. The van der Waals surface area contributed by atoms with Gasteiger partial charge in [0.05, 0.1) is 13.2 Å². The maximum atomic E-state index is 10.1. The average Bonchev–Trinajstić information content (AvgIpc) is 2.12. The molecule has 0 saturated carbocycles. The molecule has 0 atom stereocenters. The molecule has 0 rings (SSSR count). The molecule has 0 aliphatic heterocycles. The molecule has 0 heterocycles. The summed E-state index contributed by atoms with van der Waals surface area (Å²) in [6, 6.07) is 0. The zero-order valence-electron chi connectivity index (χ0n) is 8.26. The molecule has 0 bridgehead atoms. The summed E-state index contributed by atoms with van der Waals surface area (Å²) in [5, 5.41) is 8.25. The molecule has 0 amide bonds. The van der Waals surface area contributed by atoms with Gasteiger partial charge in [0.25, 0.3) is 0 Å². The lowest BCUT2D eigenvalue weighted by Crippen LogP contribution is -2.09. The second kappa shape index (κ2) is 9.30. The molecule has 0 aliphatic rings. The van der Waals surface area contributed by atoms with Crippen LogP contribution in [-0.4, -0.2) is 37.7 Å². The summed E-state index contributed by atoms with van der Waals surface area (Å²) in [5.74, 6) is -1.04. The van der Waals surface area contributed by atoms with Crippen molar-refractivity contribution in [3.63, 3.8) is 0 Å². The Kier molecular flexibility index (Phi) is 9.13. The highest BCUT2D eigenvalue weighted by molar-refractivity contribution is 7.41. The molecule has 0 spiro atoms. The van der Waals surface area contributed by atoms with Crippen LogP contribution < -0.4 is 0 Å². The van der Waals surface area contributed by atoms with Crippen LogP contribution in [0, 0.1) is 0 Å². The van der Waals surface area contributed by atoms with E-state index in [0.29, 0.717) is 13.2 Å². The molecular formula is C7H15O6P. The van der Waals surface area contributed by atoms with Gasteiger partial charge >= 0.3 is 14.6 Å². The van der Waals surface area contributed by atoms with E-state index in [1.54, 1.807) is 0 Å². The number of aliphatic carboxylic acids is 1. The highest BCUT2D eigenvalue weighted by Crippen LogP contribution is 2.38. The van der Waals surface area contributed by atoms with Gasteiger partial charge in [-0.1, -0.05) is 0 Å². The fourth-order valence-corrected chi connectivity index (χ4v) is 1.34. The lowest BCUT2D eigenvalue weighted by atomic mass is 10.8. The first-order valence-corrected chi connectivity index (χ1v) is 5.28. The quantitative estimate of drug-likeness (QED) is 0.363. The van der Waals surface area contributed by atoms with Crippen LogP contribution >= 0.6 is 8.60 Å². The minimum atomic E-state index is -1.41. The Morgan fingerprint density at radius 1 is 1.21 bits per heavy atom. The van der Waals surface area contributed by atoms with Gasteiger partial charge in [0.1, 0.15) is 6.61 Å². The van der Waals surface area contributed by atoms with Crippen molar-refractivity contribution in [1.82, 2.24) is 0 Å². The van der Waals surface area contributed by atoms with Crippen LogP contribution in [0.1, 0.15) is 13.8 Å². The first-order valence-electron chi connectivity index (χ1n) is 4.19. The lowest BCUT2D eigenvalue weighted by Gasteiger charge is -2.14. The van der Waals surface area contributed by atoms with Crippen molar-refractivity contribution in [2.45, 2.75) is 13.8 Å². The van der Waals surface area contributed by atoms with E-state index in [1.165, 1.54) is 0 Å². The van der Waals surface area contributed by atoms with Crippen LogP contribution in [0.5, 0.6) is 0 Å². The number of ether oxygens (including phenoxy) is 1. The van der Waals surface area contributed by atoms with Crippen molar-refractivity contribution in [3.05, 3.63) is 0 Å². The van der Waals surface area contributed by atoms with Crippen LogP contribution in [0.2, 0.25) is 0 Å². The first kappa shape index (κ1) is 13.7. The molecule has 6 nitrogen and oxygen atoms in total. The first-order chi connectivity index (χ1) is 6.70. The van der Waals surface area contributed by atoms with Crippen molar-refractivity contribution in [3.8, 4) is 0 Å². The summed E-state index contributed by atoms with van der Waals surface area (Å²) >= 11 is 0. The monoisotopic (exact) mass is 226 g/mol. The number of carboxylic acids is 1. The Hall–Kier alpha value is -0.260. The van der Waals surface area contributed by atoms with Gasteiger partial charge in [-0.3, -0.25) is 4.52 Å². The average molecular weight is 226 g/mol. The standard InChI is InChI=1S/C7H15O6P/c1-3-11-14(12-4-2)13-6-10-5-7(8)9/h3-6H2,1-2H3,(H,8,9). The van der Waals surface area contributed by atoms with E-state index in [9.17, 15) is 4.79 Å². The smallest absolute Gasteiger partial charge is 0.334 e. The Balaban J connectivity index is 3.44. The number of rotatable bonds is 9. The van der Waals surface area contributed by atoms with E-state index in [2.05, 4.69) is 4.74 Å². The van der Waals surface area contributed by atoms with Gasteiger partial charge < -0.3 is 18.9 Å². The van der Waals surface area contributed by atoms with Crippen molar-refractivity contribution < 1.29 is 28.2 Å². The Morgan fingerprint density at radius 3 is 2.21 bits per heavy atom. The van der Waals surface area contributed by atoms with E-state index >= 15 is 0 Å². The van der Waals surface area contributed by atoms with Gasteiger partial charge in [-0.2, -0.15) is 0 Å². The predicted molar refractivity (Wildman–Crippen MR) is 49.7 cm³/mol. The summed E-state index contributed by atoms with van der Waals surface area (Å²) in [6.07, 6.45) is 0. The Bertz CT molecular complexity index is 147. The second-order valence-corrected chi connectivity index (χ2v) is 3.27. The van der Waals surface area contributed by atoms with Gasteiger partial charge in [-0.05, 0) is 13.8 Å². The Labute approximate surface area is 84.1 Å². The number of hydrogen-bond acceptors (Lipinski definition) is 5. The normalized spacial score (nSPS) is 10.8. The largest absolute Gasteiger partial charge is 0.480 e. The van der Waals surface area contributed by atoms with Crippen LogP contribution in [0.4, 0.5) is 0 Å². The summed E-state index contributed by atoms with van der Waals surface area (Å²) in [6.45, 7) is 4.06. The van der Waals surface area contributed by atoms with Gasteiger partial charge in [0.2, 0.25) is 0 Å². The molecular weight excluding hydrogens is 211 g/mol. The molecule has 0 aliphatic carbocycles. The van der Waals surface area contributed by atoms with E-state index in [4.69, 9.17) is 18.7 Å². The maximum absolute atomic E-state index is 10.1. The third kappa shape index (κ3) is 8.34. The fourth-order valence-electron chi connectivity index (χ4n) is 0.532. The summed E-state index contributed by atoms with van der Waals surface area (Å²) in [7, 11) is -1.41. The van der Waals surface area contributed by atoms with Gasteiger partial charge in [0.15, 0.2) is 6.79 Å². The van der Waals surface area contributed by atoms with Crippen molar-refractivity contribution in [1.29, 1.82) is 0 Å². The maximum Gasteiger partial charge on any atom is 0.334 e. The van der Waals surface area contributed by atoms with Gasteiger partial charge in [0, 0.05) is 0 Å². The number of carbonyl (C=O) groups is 1. The van der Waals surface area contributed by atoms with Crippen molar-refractivity contribution >= 4 is 14.6 Å². The third-order valence-corrected chi connectivity index (χ3v) is 2.19. The lowest BCUT2D eigenvalue weighted by molar-refractivity contribution is -0.145. The molecule has 0 unspecified atom stereocenters. The van der Waals surface area contributed by atoms with Gasteiger partial charge in [-0.25, -0.2) is 4.79 Å². The van der Waals surface area contributed by atoms with Crippen LogP contribution in [0.15, 0.2) is 0 Å². The van der Waals surface area contributed by atoms with E-state index in [1.807, 2.05) is 13.8 Å². The van der Waals surface area contributed by atoms with Crippen LogP contribution in [0.25, 0.3) is 0 Å². The zero-order chi connectivity index (χ0) is 10.8. The minimum absolute atomic E-state index is 0.141. The fraction of sp³-hybridized carbons (Fsp3) is 0.857. The zero-order valence-corrected chi connectivity index (χ0v) is 9.16. The summed E-state index contributed by atoms with van der Waals surface area (Å²) < 4.78 is 19.8. The minimum Gasteiger partial charge on any atom is -0.480 e. The third-order valence-electron chi connectivity index (χ3n) is 0.936. The summed E-state index contributed by atoms with van der Waals surface area (Å²) in [4.78, 5) is 10.1. The van der Waals surface area contributed by atoms with Crippen molar-refractivity contribution in [2.24, 2.45) is 0 Å². The molecule has 0 radical (unpaired) electrons. The molecule has 0 saturated heterocycles. The molecule has 14 heavy (non-hydrogen) atoms. The molecule has 0 aromatic carbocycles.